The molecule has 8 heteroatoms. The number of likely N-dealkylation sites (N-methyl/N-ethyl adjacent to an activating group) is 1. The lowest BCUT2D eigenvalue weighted by Gasteiger charge is -2.20. The first-order valence-corrected chi connectivity index (χ1v) is 7.42. The van der Waals surface area contributed by atoms with Crippen LogP contribution in [-0.2, 0) is 11.2 Å². The minimum Gasteiger partial charge on any atom is -0.355 e. The molecule has 1 aromatic heterocycles. The largest absolute Gasteiger partial charge is 0.355 e. The second-order valence-corrected chi connectivity index (χ2v) is 5.84. The summed E-state index contributed by atoms with van der Waals surface area (Å²) in [6.45, 7) is 2.58. The van der Waals surface area contributed by atoms with E-state index in [0.29, 0.717) is 31.1 Å². The van der Waals surface area contributed by atoms with E-state index in [-0.39, 0.29) is 5.91 Å². The highest BCUT2D eigenvalue weighted by molar-refractivity contribution is 5.78. The van der Waals surface area contributed by atoms with Gasteiger partial charge in [-0.2, -0.15) is 0 Å². The fourth-order valence-corrected chi connectivity index (χ4v) is 2.60. The lowest BCUT2D eigenvalue weighted by molar-refractivity contribution is -0.122. The van der Waals surface area contributed by atoms with E-state index >= 15 is 0 Å². The molecule has 1 aliphatic rings. The van der Waals surface area contributed by atoms with Gasteiger partial charge < -0.3 is 15.2 Å². The van der Waals surface area contributed by atoms with Gasteiger partial charge in [0, 0.05) is 37.4 Å². The summed E-state index contributed by atoms with van der Waals surface area (Å²) in [6.07, 6.45) is 2.85. The van der Waals surface area contributed by atoms with Crippen LogP contribution in [0.2, 0.25) is 0 Å². The second kappa shape index (κ2) is 7.37. The van der Waals surface area contributed by atoms with Gasteiger partial charge in [0.2, 0.25) is 5.91 Å². The number of carbonyl (C=O) groups excluding carboxylic acids is 1. The molecule has 1 aliphatic heterocycles. The zero-order chi connectivity index (χ0) is 16.1. The number of amides is 1. The van der Waals surface area contributed by atoms with Gasteiger partial charge in [-0.1, -0.05) is 0 Å². The number of nitrogens with zero attached hydrogens (tertiary/aromatic N) is 2. The third kappa shape index (κ3) is 4.54. The van der Waals surface area contributed by atoms with Crippen molar-refractivity contribution in [3.8, 4) is 0 Å². The molecule has 0 spiro atoms. The van der Waals surface area contributed by atoms with Gasteiger partial charge in [0.05, 0.1) is 6.54 Å². The van der Waals surface area contributed by atoms with Crippen LogP contribution in [0.3, 0.4) is 0 Å². The van der Waals surface area contributed by atoms with Crippen LogP contribution in [0.1, 0.15) is 12.0 Å². The molecule has 0 bridgehead atoms. The Morgan fingerprint density at radius 1 is 1.45 bits per heavy atom. The summed E-state index contributed by atoms with van der Waals surface area (Å²) in [5.74, 6) is -0.0414. The van der Waals surface area contributed by atoms with E-state index in [1.807, 2.05) is 0 Å². The van der Waals surface area contributed by atoms with Crippen LogP contribution < -0.4 is 16.6 Å². The van der Waals surface area contributed by atoms with Crippen molar-refractivity contribution in [1.82, 2.24) is 25.1 Å². The molecule has 0 aromatic carbocycles. The Hall–Kier alpha value is -1.93. The van der Waals surface area contributed by atoms with Crippen LogP contribution in [0.5, 0.6) is 0 Å². The van der Waals surface area contributed by atoms with E-state index in [1.165, 1.54) is 6.20 Å². The molecule has 122 valence electrons. The molecule has 1 aromatic rings. The number of H-pyrrole nitrogens is 2. The van der Waals surface area contributed by atoms with Gasteiger partial charge >= 0.3 is 5.69 Å². The zero-order valence-corrected chi connectivity index (χ0v) is 13.0. The fraction of sp³-hybridized carbons (Fsp3) is 0.643. The average molecular weight is 309 g/mol. The molecule has 1 atom stereocenters. The number of hydrogen-bond acceptors (Lipinski definition) is 5. The summed E-state index contributed by atoms with van der Waals surface area (Å²) in [7, 11) is 4.10. The first-order valence-electron chi connectivity index (χ1n) is 7.42. The fourth-order valence-electron chi connectivity index (χ4n) is 2.60. The van der Waals surface area contributed by atoms with E-state index in [2.05, 4.69) is 39.2 Å². The van der Waals surface area contributed by atoms with Crippen LogP contribution in [0, 0.1) is 0 Å². The van der Waals surface area contributed by atoms with Crippen molar-refractivity contribution in [3.05, 3.63) is 32.6 Å². The van der Waals surface area contributed by atoms with Gasteiger partial charge in [0.25, 0.3) is 5.56 Å². The highest BCUT2D eigenvalue weighted by atomic mass is 16.2. The number of aromatic nitrogens is 2. The molecule has 1 fully saturated rings. The minimum absolute atomic E-state index is 0.0414. The summed E-state index contributed by atoms with van der Waals surface area (Å²) in [4.78, 5) is 43.2. The molecular weight excluding hydrogens is 286 g/mol. The summed E-state index contributed by atoms with van der Waals surface area (Å²) in [5, 5.41) is 2.80. The molecule has 2 heterocycles. The Labute approximate surface area is 128 Å². The van der Waals surface area contributed by atoms with Crippen molar-refractivity contribution in [2.75, 3.05) is 40.3 Å². The van der Waals surface area contributed by atoms with Crippen LogP contribution in [0.25, 0.3) is 0 Å². The van der Waals surface area contributed by atoms with Crippen molar-refractivity contribution >= 4 is 5.91 Å². The first kappa shape index (κ1) is 16.4. The van der Waals surface area contributed by atoms with Gasteiger partial charge in [-0.3, -0.25) is 19.5 Å². The van der Waals surface area contributed by atoms with E-state index in [0.717, 1.165) is 19.5 Å². The third-order valence-electron chi connectivity index (χ3n) is 3.96. The highest BCUT2D eigenvalue weighted by Gasteiger charge is 2.24. The maximum Gasteiger partial charge on any atom is 0.325 e. The van der Waals surface area contributed by atoms with Crippen LogP contribution in [-0.4, -0.2) is 72.0 Å². The minimum atomic E-state index is -0.526. The van der Waals surface area contributed by atoms with E-state index in [1.54, 1.807) is 0 Å². The van der Waals surface area contributed by atoms with Gasteiger partial charge in [0.15, 0.2) is 0 Å². The Morgan fingerprint density at radius 3 is 2.86 bits per heavy atom. The van der Waals surface area contributed by atoms with Gasteiger partial charge in [-0.25, -0.2) is 4.79 Å². The Morgan fingerprint density at radius 2 is 2.23 bits per heavy atom. The summed E-state index contributed by atoms with van der Waals surface area (Å²) in [5.41, 5.74) is -0.484. The average Bonchev–Trinajstić information content (AvgIpc) is 2.90. The number of aromatic amines is 2. The molecule has 22 heavy (non-hydrogen) atoms. The predicted molar refractivity (Wildman–Crippen MR) is 82.9 cm³/mol. The van der Waals surface area contributed by atoms with E-state index in [4.69, 9.17) is 0 Å². The molecule has 0 aliphatic carbocycles. The van der Waals surface area contributed by atoms with Gasteiger partial charge in [-0.15, -0.1) is 0 Å². The highest BCUT2D eigenvalue weighted by Crippen LogP contribution is 2.12. The number of rotatable bonds is 6. The lowest BCUT2D eigenvalue weighted by Crippen LogP contribution is -2.39. The molecule has 0 saturated carbocycles. The Balaban J connectivity index is 1.72. The maximum atomic E-state index is 11.9. The molecular formula is C14H23N5O3. The van der Waals surface area contributed by atoms with Crippen molar-refractivity contribution < 1.29 is 4.79 Å². The SMILES string of the molecule is CN(C)C1CCN(CC(=O)NCCc2c[nH]c(=O)[nH]c2=O)C1. The molecule has 0 radical (unpaired) electrons. The van der Waals surface area contributed by atoms with E-state index in [9.17, 15) is 14.4 Å². The van der Waals surface area contributed by atoms with Crippen LogP contribution in [0.15, 0.2) is 15.8 Å². The Kier molecular flexibility index (Phi) is 5.51. The van der Waals surface area contributed by atoms with E-state index < -0.39 is 11.2 Å². The number of hydrogen-bond donors (Lipinski definition) is 3. The normalized spacial score (nSPS) is 18.8. The van der Waals surface area contributed by atoms with Crippen molar-refractivity contribution in [2.24, 2.45) is 0 Å². The zero-order valence-electron chi connectivity index (χ0n) is 13.0. The quantitative estimate of drug-likeness (QED) is 0.585. The predicted octanol–water partition coefficient (Wildman–Crippen LogP) is -1.64. The van der Waals surface area contributed by atoms with Crippen molar-refractivity contribution in [1.29, 1.82) is 0 Å². The summed E-state index contributed by atoms with van der Waals surface area (Å²) < 4.78 is 0. The van der Waals surface area contributed by atoms with Crippen LogP contribution >= 0.6 is 0 Å². The third-order valence-corrected chi connectivity index (χ3v) is 3.96. The number of nitrogens with one attached hydrogen (secondary N) is 3. The topological polar surface area (TPSA) is 101 Å². The van der Waals surface area contributed by atoms with Crippen molar-refractivity contribution in [3.63, 3.8) is 0 Å². The van der Waals surface area contributed by atoms with Gasteiger partial charge in [0.1, 0.15) is 0 Å². The van der Waals surface area contributed by atoms with Gasteiger partial charge in [-0.05, 0) is 26.9 Å². The molecule has 3 N–H and O–H groups in total. The molecule has 1 saturated heterocycles. The molecule has 1 amide bonds. The first-order chi connectivity index (χ1) is 10.5. The summed E-state index contributed by atoms with van der Waals surface area (Å²) >= 11 is 0. The second-order valence-electron chi connectivity index (χ2n) is 5.84. The van der Waals surface area contributed by atoms with Crippen molar-refractivity contribution in [2.45, 2.75) is 18.9 Å². The summed E-state index contributed by atoms with van der Waals surface area (Å²) in [6, 6.07) is 0.507. The standard InChI is InChI=1S/C14H23N5O3/c1-18(2)11-4-6-19(8-11)9-12(20)15-5-3-10-7-16-14(22)17-13(10)21/h7,11H,3-6,8-9H2,1-2H3,(H,15,20)(H2,16,17,21,22). The molecule has 8 nitrogen and oxygen atoms in total. The Bertz CT molecular complexity index is 621. The number of carbonyl (C=O) groups is 1. The van der Waals surface area contributed by atoms with Crippen LogP contribution in [0.4, 0.5) is 0 Å². The molecule has 2 rings (SSSR count). The molecule has 1 unspecified atom stereocenters. The smallest absolute Gasteiger partial charge is 0.325 e. The number of likely N-dealkylation sites (tertiary alicyclic amines) is 1. The lowest BCUT2D eigenvalue weighted by atomic mass is 10.2. The maximum absolute atomic E-state index is 11.9. The monoisotopic (exact) mass is 309 g/mol.